The topological polar surface area (TPSA) is 85.4 Å². The van der Waals surface area contributed by atoms with Crippen LogP contribution in [0.4, 0.5) is 14.4 Å². The van der Waals surface area contributed by atoms with Gasteiger partial charge in [0.1, 0.15) is 18.8 Å². The average Bonchev–Trinajstić information content (AvgIpc) is 2.76. The van der Waals surface area contributed by atoms with E-state index in [0.29, 0.717) is 39.0 Å². The van der Waals surface area contributed by atoms with E-state index >= 15 is 0 Å². The maximum absolute atomic E-state index is 12.6. The summed E-state index contributed by atoms with van der Waals surface area (Å²) in [7, 11) is 0. The Bertz CT molecular complexity index is 739. The van der Waals surface area contributed by atoms with E-state index in [1.807, 2.05) is 30.3 Å². The molecule has 170 valence electrons. The summed E-state index contributed by atoms with van der Waals surface area (Å²) in [6, 6.07) is 9.51. The fourth-order valence-corrected chi connectivity index (χ4v) is 4.00. The maximum Gasteiger partial charge on any atom is 0.410 e. The van der Waals surface area contributed by atoms with Crippen LogP contribution in [-0.4, -0.2) is 65.8 Å². The molecule has 2 amide bonds. The average molecular weight is 453 g/mol. The van der Waals surface area contributed by atoms with Gasteiger partial charge in [0.15, 0.2) is 0 Å². The van der Waals surface area contributed by atoms with Gasteiger partial charge in [0, 0.05) is 37.8 Å². The van der Waals surface area contributed by atoms with Crippen molar-refractivity contribution in [2.75, 3.05) is 26.2 Å². The first kappa shape index (κ1) is 23.2. The van der Waals surface area contributed by atoms with E-state index in [9.17, 15) is 14.4 Å². The molecule has 3 rings (SSSR count). The van der Waals surface area contributed by atoms with Crippen LogP contribution in [0.25, 0.3) is 0 Å². The Balaban J connectivity index is 1.39. The first-order valence-corrected chi connectivity index (χ1v) is 11.2. The number of carbonyl (C=O) groups is 3. The normalized spacial score (nSPS) is 22.1. The number of piperazine rings is 1. The molecule has 1 aromatic carbocycles. The molecule has 2 aliphatic rings. The standard InChI is InChI=1S/C22H29ClN2O6/c23-20(26)30-18-8-4-5-9-19(11-10-18)31-22(28)25-14-12-24(13-15-25)21(27)29-16-17-6-2-1-3-7-17/h1-3,6-7,18-19H,4-5,8-16H2/t18-,19?/m0/s1. The van der Waals surface area contributed by atoms with Gasteiger partial charge in [0.2, 0.25) is 0 Å². The molecule has 0 radical (unpaired) electrons. The molecule has 1 saturated heterocycles. The van der Waals surface area contributed by atoms with Crippen LogP contribution in [0.15, 0.2) is 30.3 Å². The molecule has 1 aliphatic heterocycles. The van der Waals surface area contributed by atoms with Crippen molar-refractivity contribution < 1.29 is 28.6 Å². The predicted octanol–water partition coefficient (Wildman–Crippen LogP) is 4.54. The fraction of sp³-hybridized carbons (Fsp3) is 0.591. The van der Waals surface area contributed by atoms with Gasteiger partial charge >= 0.3 is 17.6 Å². The highest BCUT2D eigenvalue weighted by Crippen LogP contribution is 2.23. The van der Waals surface area contributed by atoms with E-state index in [1.165, 1.54) is 0 Å². The van der Waals surface area contributed by atoms with Gasteiger partial charge in [-0.05, 0) is 44.1 Å². The lowest BCUT2D eigenvalue weighted by Gasteiger charge is -2.34. The molecule has 8 nitrogen and oxygen atoms in total. The summed E-state index contributed by atoms with van der Waals surface area (Å²) < 4.78 is 16.2. The molecule has 31 heavy (non-hydrogen) atoms. The molecule has 2 atom stereocenters. The van der Waals surface area contributed by atoms with Gasteiger partial charge in [0.05, 0.1) is 0 Å². The molecule has 0 bridgehead atoms. The Morgan fingerprint density at radius 3 is 1.94 bits per heavy atom. The van der Waals surface area contributed by atoms with Crippen molar-refractivity contribution in [1.29, 1.82) is 0 Å². The molecule has 1 heterocycles. The fourth-order valence-electron chi connectivity index (χ4n) is 3.87. The van der Waals surface area contributed by atoms with Crippen LogP contribution < -0.4 is 0 Å². The number of hydrogen-bond donors (Lipinski definition) is 0. The quantitative estimate of drug-likeness (QED) is 0.492. The van der Waals surface area contributed by atoms with Gasteiger partial charge in [-0.3, -0.25) is 0 Å². The van der Waals surface area contributed by atoms with Crippen molar-refractivity contribution in [2.24, 2.45) is 0 Å². The van der Waals surface area contributed by atoms with Crippen molar-refractivity contribution >= 4 is 29.2 Å². The summed E-state index contributed by atoms with van der Waals surface area (Å²) in [4.78, 5) is 39.0. The third-order valence-electron chi connectivity index (χ3n) is 5.64. The van der Waals surface area contributed by atoms with Crippen LogP contribution in [-0.2, 0) is 20.8 Å². The predicted molar refractivity (Wildman–Crippen MR) is 114 cm³/mol. The minimum absolute atomic E-state index is 0.210. The molecule has 1 aromatic rings. The van der Waals surface area contributed by atoms with Crippen molar-refractivity contribution in [3.8, 4) is 0 Å². The van der Waals surface area contributed by atoms with E-state index in [0.717, 1.165) is 31.2 Å². The second kappa shape index (κ2) is 11.8. The van der Waals surface area contributed by atoms with E-state index in [1.54, 1.807) is 9.80 Å². The SMILES string of the molecule is O=C(Cl)O[C@H]1CCCCC(OC(=O)N2CCN(C(=O)OCc3ccccc3)CC2)CC1. The molecule has 0 aromatic heterocycles. The van der Waals surface area contributed by atoms with Gasteiger partial charge in [-0.2, -0.15) is 0 Å². The van der Waals surface area contributed by atoms with E-state index in [2.05, 4.69) is 0 Å². The van der Waals surface area contributed by atoms with Crippen molar-refractivity contribution in [2.45, 2.75) is 57.3 Å². The highest BCUT2D eigenvalue weighted by atomic mass is 35.5. The lowest BCUT2D eigenvalue weighted by Crippen LogP contribution is -2.51. The first-order valence-electron chi connectivity index (χ1n) is 10.8. The largest absolute Gasteiger partial charge is 0.450 e. The van der Waals surface area contributed by atoms with Gasteiger partial charge in [-0.15, -0.1) is 0 Å². The number of amides is 2. The molecule has 0 N–H and O–H groups in total. The summed E-state index contributed by atoms with van der Waals surface area (Å²) >= 11 is 5.32. The minimum atomic E-state index is -0.792. The number of ether oxygens (including phenoxy) is 3. The Labute approximate surface area is 187 Å². The summed E-state index contributed by atoms with van der Waals surface area (Å²) in [5.74, 6) is 0. The minimum Gasteiger partial charge on any atom is -0.450 e. The van der Waals surface area contributed by atoms with E-state index < -0.39 is 5.43 Å². The number of carbonyl (C=O) groups excluding carboxylic acids is 3. The summed E-state index contributed by atoms with van der Waals surface area (Å²) in [5.41, 5.74) is 0.139. The molecular weight excluding hydrogens is 424 g/mol. The summed E-state index contributed by atoms with van der Waals surface area (Å²) in [5, 5.41) is 0. The van der Waals surface area contributed by atoms with Crippen LogP contribution in [0.5, 0.6) is 0 Å². The Morgan fingerprint density at radius 1 is 0.806 bits per heavy atom. The summed E-state index contributed by atoms with van der Waals surface area (Å²) in [6.07, 6.45) is 3.44. The number of rotatable bonds is 4. The molecule has 1 unspecified atom stereocenters. The van der Waals surface area contributed by atoms with Gasteiger partial charge < -0.3 is 24.0 Å². The second-order valence-electron chi connectivity index (χ2n) is 7.86. The first-order chi connectivity index (χ1) is 15.0. The smallest absolute Gasteiger partial charge is 0.410 e. The van der Waals surface area contributed by atoms with Crippen molar-refractivity contribution in [1.82, 2.24) is 9.80 Å². The van der Waals surface area contributed by atoms with Crippen molar-refractivity contribution in [3.05, 3.63) is 35.9 Å². The van der Waals surface area contributed by atoms with Crippen LogP contribution in [0, 0.1) is 0 Å². The van der Waals surface area contributed by atoms with E-state index in [-0.39, 0.29) is 31.0 Å². The monoisotopic (exact) mass is 452 g/mol. The van der Waals surface area contributed by atoms with Crippen LogP contribution in [0.1, 0.15) is 44.1 Å². The molecule has 1 aliphatic carbocycles. The Kier molecular flexibility index (Phi) is 8.82. The van der Waals surface area contributed by atoms with Crippen LogP contribution in [0.2, 0.25) is 0 Å². The van der Waals surface area contributed by atoms with E-state index in [4.69, 9.17) is 25.8 Å². The number of hydrogen-bond acceptors (Lipinski definition) is 6. The Hall–Kier alpha value is -2.48. The molecule has 2 fully saturated rings. The van der Waals surface area contributed by atoms with Gasteiger partial charge in [-0.1, -0.05) is 30.3 Å². The number of nitrogens with zero attached hydrogens (tertiary/aromatic N) is 2. The highest BCUT2D eigenvalue weighted by molar-refractivity contribution is 6.61. The van der Waals surface area contributed by atoms with Crippen molar-refractivity contribution in [3.63, 3.8) is 0 Å². The zero-order valence-electron chi connectivity index (χ0n) is 17.5. The molecule has 9 heteroatoms. The third-order valence-corrected chi connectivity index (χ3v) is 5.73. The molecular formula is C22H29ClN2O6. The van der Waals surface area contributed by atoms with Gasteiger partial charge in [0.25, 0.3) is 0 Å². The van der Waals surface area contributed by atoms with Gasteiger partial charge in [-0.25, -0.2) is 14.4 Å². The zero-order valence-corrected chi connectivity index (χ0v) is 18.3. The molecule has 1 saturated carbocycles. The number of benzene rings is 1. The lowest BCUT2D eigenvalue weighted by molar-refractivity contribution is 0.0226. The highest BCUT2D eigenvalue weighted by Gasteiger charge is 2.28. The second-order valence-corrected chi connectivity index (χ2v) is 8.17. The third kappa shape index (κ3) is 7.61. The molecule has 0 spiro atoms. The van der Waals surface area contributed by atoms with Crippen LogP contribution in [0.3, 0.4) is 0 Å². The lowest BCUT2D eigenvalue weighted by atomic mass is 9.96. The number of halogens is 1. The Morgan fingerprint density at radius 2 is 1.35 bits per heavy atom. The zero-order chi connectivity index (χ0) is 22.1. The summed E-state index contributed by atoms with van der Waals surface area (Å²) in [6.45, 7) is 1.84. The maximum atomic E-state index is 12.6. The van der Waals surface area contributed by atoms with Crippen LogP contribution >= 0.6 is 11.6 Å².